The van der Waals surface area contributed by atoms with Gasteiger partial charge in [0.25, 0.3) is 0 Å². The van der Waals surface area contributed by atoms with Crippen molar-refractivity contribution < 1.29 is 9.84 Å². The van der Waals surface area contributed by atoms with Crippen LogP contribution in [0.15, 0.2) is 24.3 Å². The van der Waals surface area contributed by atoms with Gasteiger partial charge >= 0.3 is 0 Å². The Morgan fingerprint density at radius 2 is 2.05 bits per heavy atom. The number of rotatable bonds is 9. The van der Waals surface area contributed by atoms with Crippen LogP contribution in [0.2, 0.25) is 0 Å². The van der Waals surface area contributed by atoms with E-state index < -0.39 is 6.10 Å². The number of anilines is 1. The highest BCUT2D eigenvalue weighted by molar-refractivity contribution is 5.54. The first-order valence-corrected chi connectivity index (χ1v) is 7.30. The minimum atomic E-state index is -0.475. The average Bonchev–Trinajstić information content (AvgIpc) is 2.44. The summed E-state index contributed by atoms with van der Waals surface area (Å²) in [6.45, 7) is 6.26. The maximum Gasteiger partial charge on any atom is 0.0947 e. The number of hydrogen-bond donors (Lipinski definition) is 2. The van der Waals surface area contributed by atoms with E-state index in [2.05, 4.69) is 42.3 Å². The Balaban J connectivity index is 2.78. The molecule has 0 spiro atoms. The van der Waals surface area contributed by atoms with Gasteiger partial charge < -0.3 is 20.1 Å². The van der Waals surface area contributed by atoms with Gasteiger partial charge in [-0.2, -0.15) is 0 Å². The lowest BCUT2D eigenvalue weighted by Gasteiger charge is -2.27. The highest BCUT2D eigenvalue weighted by Gasteiger charge is 2.14. The predicted molar refractivity (Wildman–Crippen MR) is 84.3 cm³/mol. The van der Waals surface area contributed by atoms with Gasteiger partial charge in [-0.15, -0.1) is 0 Å². The topological polar surface area (TPSA) is 44.7 Å². The molecule has 0 saturated heterocycles. The van der Waals surface area contributed by atoms with Crippen LogP contribution in [0.5, 0.6) is 0 Å². The molecule has 1 aromatic rings. The van der Waals surface area contributed by atoms with Gasteiger partial charge in [0.1, 0.15) is 0 Å². The predicted octanol–water partition coefficient (Wildman–Crippen LogP) is 2.19. The normalized spacial score (nSPS) is 14.1. The quantitative estimate of drug-likeness (QED) is 0.728. The molecule has 0 bridgehead atoms. The summed E-state index contributed by atoms with van der Waals surface area (Å²) < 4.78 is 4.98. The molecule has 0 fully saturated rings. The van der Waals surface area contributed by atoms with E-state index in [1.54, 1.807) is 7.11 Å². The molecule has 0 aliphatic rings. The molecule has 0 aliphatic carbocycles. The minimum absolute atomic E-state index is 0.299. The van der Waals surface area contributed by atoms with Crippen LogP contribution in [0.3, 0.4) is 0 Å². The molecule has 2 N–H and O–H groups in total. The first kappa shape index (κ1) is 17.0. The first-order chi connectivity index (χ1) is 9.60. The van der Waals surface area contributed by atoms with Crippen LogP contribution >= 0.6 is 0 Å². The van der Waals surface area contributed by atoms with Gasteiger partial charge in [0.15, 0.2) is 0 Å². The lowest BCUT2D eigenvalue weighted by atomic mass is 10.0. The zero-order chi connectivity index (χ0) is 15.0. The molecule has 0 amide bonds. The number of nitrogens with one attached hydrogen (secondary N) is 1. The molecule has 0 saturated carbocycles. The van der Waals surface area contributed by atoms with Crippen molar-refractivity contribution in [1.82, 2.24) is 5.32 Å². The number of likely N-dealkylation sites (N-methyl/N-ethyl adjacent to an activating group) is 1. The van der Waals surface area contributed by atoms with Crippen LogP contribution in [0.1, 0.15) is 31.9 Å². The molecule has 0 aromatic heterocycles. The molecule has 4 heteroatoms. The number of para-hydroxylation sites is 1. The summed E-state index contributed by atoms with van der Waals surface area (Å²) in [7, 11) is 3.61. The second-order valence-electron chi connectivity index (χ2n) is 5.22. The van der Waals surface area contributed by atoms with Gasteiger partial charge in [-0.3, -0.25) is 0 Å². The van der Waals surface area contributed by atoms with Crippen LogP contribution in [0.4, 0.5) is 5.69 Å². The summed E-state index contributed by atoms with van der Waals surface area (Å²) in [5.41, 5.74) is 2.41. The standard InChI is InChI=1S/C16H28N2O2/c1-5-10-17-13(2)15-8-6-7-9-16(15)18(3)11-14(19)12-20-4/h6-9,13-14,17,19H,5,10-12H2,1-4H3. The second kappa shape index (κ2) is 8.95. The Kier molecular flexibility index (Phi) is 7.59. The number of methoxy groups -OCH3 is 1. The molecular formula is C16H28N2O2. The number of hydrogen-bond acceptors (Lipinski definition) is 4. The minimum Gasteiger partial charge on any atom is -0.389 e. The van der Waals surface area contributed by atoms with E-state index in [0.29, 0.717) is 19.2 Å². The summed E-state index contributed by atoms with van der Waals surface area (Å²) in [6.07, 6.45) is 0.645. The summed E-state index contributed by atoms with van der Waals surface area (Å²) in [5.74, 6) is 0. The van der Waals surface area contributed by atoms with Gasteiger partial charge in [0.05, 0.1) is 12.7 Å². The lowest BCUT2D eigenvalue weighted by molar-refractivity contribution is 0.0695. The Morgan fingerprint density at radius 3 is 2.70 bits per heavy atom. The van der Waals surface area contributed by atoms with Crippen molar-refractivity contribution in [2.45, 2.75) is 32.4 Å². The lowest BCUT2D eigenvalue weighted by Crippen LogP contribution is -2.33. The van der Waals surface area contributed by atoms with Crippen molar-refractivity contribution in [2.75, 3.05) is 38.8 Å². The Labute approximate surface area is 122 Å². The van der Waals surface area contributed by atoms with Crippen molar-refractivity contribution in [1.29, 1.82) is 0 Å². The fraction of sp³-hybridized carbons (Fsp3) is 0.625. The van der Waals surface area contributed by atoms with Crippen molar-refractivity contribution in [3.05, 3.63) is 29.8 Å². The molecule has 1 aromatic carbocycles. The molecule has 114 valence electrons. The van der Waals surface area contributed by atoms with E-state index in [0.717, 1.165) is 18.7 Å². The van der Waals surface area contributed by atoms with Crippen LogP contribution < -0.4 is 10.2 Å². The zero-order valence-corrected chi connectivity index (χ0v) is 13.1. The summed E-state index contributed by atoms with van der Waals surface area (Å²) >= 11 is 0. The second-order valence-corrected chi connectivity index (χ2v) is 5.22. The fourth-order valence-electron chi connectivity index (χ4n) is 2.33. The fourth-order valence-corrected chi connectivity index (χ4v) is 2.33. The Hall–Kier alpha value is -1.10. The molecule has 0 aliphatic heterocycles. The molecule has 0 heterocycles. The van der Waals surface area contributed by atoms with Gasteiger partial charge in [-0.25, -0.2) is 0 Å². The van der Waals surface area contributed by atoms with Crippen LogP contribution in [-0.4, -0.2) is 45.1 Å². The Morgan fingerprint density at radius 1 is 1.35 bits per heavy atom. The molecule has 2 unspecified atom stereocenters. The third-order valence-electron chi connectivity index (χ3n) is 3.36. The van der Waals surface area contributed by atoms with Crippen molar-refractivity contribution >= 4 is 5.69 Å². The van der Waals surface area contributed by atoms with Crippen molar-refractivity contribution in [2.24, 2.45) is 0 Å². The smallest absolute Gasteiger partial charge is 0.0947 e. The molecule has 0 radical (unpaired) electrons. The molecular weight excluding hydrogens is 252 g/mol. The highest BCUT2D eigenvalue weighted by Crippen LogP contribution is 2.25. The largest absolute Gasteiger partial charge is 0.389 e. The van der Waals surface area contributed by atoms with E-state index in [-0.39, 0.29) is 0 Å². The maximum absolute atomic E-state index is 9.87. The monoisotopic (exact) mass is 280 g/mol. The third kappa shape index (κ3) is 5.12. The van der Waals surface area contributed by atoms with Gasteiger partial charge in [0.2, 0.25) is 0 Å². The molecule has 2 atom stereocenters. The average molecular weight is 280 g/mol. The number of aliphatic hydroxyl groups is 1. The maximum atomic E-state index is 9.87. The van der Waals surface area contributed by atoms with Crippen LogP contribution in [0.25, 0.3) is 0 Å². The molecule has 1 rings (SSSR count). The van der Waals surface area contributed by atoms with E-state index in [4.69, 9.17) is 4.74 Å². The summed E-state index contributed by atoms with van der Waals surface area (Å²) in [6, 6.07) is 8.63. The zero-order valence-electron chi connectivity index (χ0n) is 13.1. The number of ether oxygens (including phenoxy) is 1. The summed E-state index contributed by atoms with van der Waals surface area (Å²) in [5, 5.41) is 13.4. The number of nitrogens with zero attached hydrogens (tertiary/aromatic N) is 1. The van der Waals surface area contributed by atoms with E-state index in [9.17, 15) is 5.11 Å². The SMILES string of the molecule is CCCNC(C)c1ccccc1N(C)CC(O)COC. The molecule has 20 heavy (non-hydrogen) atoms. The van der Waals surface area contributed by atoms with Crippen molar-refractivity contribution in [3.63, 3.8) is 0 Å². The Bertz CT molecular complexity index is 384. The van der Waals surface area contributed by atoms with E-state index in [1.165, 1.54) is 5.56 Å². The van der Waals surface area contributed by atoms with Crippen LogP contribution in [-0.2, 0) is 4.74 Å². The van der Waals surface area contributed by atoms with E-state index >= 15 is 0 Å². The van der Waals surface area contributed by atoms with Crippen LogP contribution in [0, 0.1) is 0 Å². The van der Waals surface area contributed by atoms with Crippen molar-refractivity contribution in [3.8, 4) is 0 Å². The summed E-state index contributed by atoms with van der Waals surface area (Å²) in [4.78, 5) is 2.09. The van der Waals surface area contributed by atoms with E-state index in [1.807, 2.05) is 13.1 Å². The van der Waals surface area contributed by atoms with Gasteiger partial charge in [0, 0.05) is 32.4 Å². The highest BCUT2D eigenvalue weighted by atomic mass is 16.5. The van der Waals surface area contributed by atoms with Gasteiger partial charge in [-0.05, 0) is 31.5 Å². The number of benzene rings is 1. The third-order valence-corrected chi connectivity index (χ3v) is 3.36. The molecule has 4 nitrogen and oxygen atoms in total. The first-order valence-electron chi connectivity index (χ1n) is 7.30. The number of aliphatic hydroxyl groups excluding tert-OH is 1. The van der Waals surface area contributed by atoms with Gasteiger partial charge in [-0.1, -0.05) is 25.1 Å².